The molecule has 0 saturated heterocycles. The van der Waals surface area contributed by atoms with E-state index in [2.05, 4.69) is 20.4 Å². The van der Waals surface area contributed by atoms with E-state index in [0.29, 0.717) is 30.5 Å². The molecule has 0 radical (unpaired) electrons. The number of nitrogens with zero attached hydrogens (tertiary/aromatic N) is 4. The predicted molar refractivity (Wildman–Crippen MR) is 67.1 cm³/mol. The summed E-state index contributed by atoms with van der Waals surface area (Å²) in [7, 11) is 0. The van der Waals surface area contributed by atoms with Gasteiger partial charge in [-0.05, 0) is 6.92 Å². The number of hydrogen-bond donors (Lipinski definition) is 1. The van der Waals surface area contributed by atoms with Gasteiger partial charge >= 0.3 is 0 Å². The van der Waals surface area contributed by atoms with E-state index < -0.39 is 4.92 Å². The second kappa shape index (κ2) is 5.61. The number of anilines is 1. The molecule has 9 heteroatoms. The van der Waals surface area contributed by atoms with Crippen LogP contribution in [0.1, 0.15) is 11.7 Å². The molecule has 8 nitrogen and oxygen atoms in total. The van der Waals surface area contributed by atoms with Crippen LogP contribution in [0.3, 0.4) is 0 Å². The molecule has 2 heterocycles. The van der Waals surface area contributed by atoms with Crippen LogP contribution in [0.5, 0.6) is 0 Å². The van der Waals surface area contributed by atoms with Gasteiger partial charge < -0.3 is 9.84 Å². The first-order valence-corrected chi connectivity index (χ1v) is 5.77. The van der Waals surface area contributed by atoms with Crippen LogP contribution < -0.4 is 5.32 Å². The number of rotatable bonds is 5. The van der Waals surface area contributed by atoms with E-state index in [0.717, 1.165) is 0 Å². The molecule has 0 aliphatic rings. The summed E-state index contributed by atoms with van der Waals surface area (Å²) >= 11 is 5.70. The number of nitrogens with one attached hydrogen (secondary N) is 1. The number of aromatic nitrogens is 3. The molecule has 0 bridgehead atoms. The lowest BCUT2D eigenvalue weighted by atomic mass is 10.3. The zero-order valence-electron chi connectivity index (χ0n) is 9.96. The molecule has 0 aliphatic heterocycles. The van der Waals surface area contributed by atoms with E-state index in [1.54, 1.807) is 6.92 Å². The Morgan fingerprint density at radius 3 is 2.89 bits per heavy atom. The first kappa shape index (κ1) is 13.2. The molecule has 0 amide bonds. The van der Waals surface area contributed by atoms with E-state index in [9.17, 15) is 10.1 Å². The maximum absolute atomic E-state index is 10.7. The molecule has 1 N–H and O–H groups in total. The molecule has 0 atom stereocenters. The van der Waals surface area contributed by atoms with Crippen molar-refractivity contribution in [2.75, 3.05) is 11.9 Å². The number of halogens is 1. The molecule has 0 aromatic carbocycles. The number of aryl methyl sites for hydroxylation is 1. The van der Waals surface area contributed by atoms with Crippen molar-refractivity contribution in [2.45, 2.75) is 13.3 Å². The van der Waals surface area contributed by atoms with E-state index in [1.165, 1.54) is 12.1 Å². The highest BCUT2D eigenvalue weighted by Gasteiger charge is 2.10. The summed E-state index contributed by atoms with van der Waals surface area (Å²) < 4.78 is 4.93. The number of nitro groups is 1. The van der Waals surface area contributed by atoms with Crippen molar-refractivity contribution < 1.29 is 9.45 Å². The Morgan fingerprint density at radius 1 is 1.47 bits per heavy atom. The minimum atomic E-state index is -0.528. The average Bonchev–Trinajstić information content (AvgIpc) is 2.74. The molecule has 2 aromatic heterocycles. The van der Waals surface area contributed by atoms with Gasteiger partial charge in [-0.25, -0.2) is 4.98 Å². The standard InChI is InChI=1S/C10H10ClN5O3/c1-6-13-10(19-15-6)2-3-12-9-5-7(16(17)18)4-8(11)14-9/h4-5H,2-3H2,1H3,(H,12,14). The fourth-order valence-electron chi connectivity index (χ4n) is 1.42. The Hall–Kier alpha value is -2.22. The average molecular weight is 284 g/mol. The predicted octanol–water partition coefficient (Wildman–Crippen LogP) is 1.99. The summed E-state index contributed by atoms with van der Waals surface area (Å²) in [6, 6.07) is 2.50. The monoisotopic (exact) mass is 283 g/mol. The molecule has 0 spiro atoms. The SMILES string of the molecule is Cc1noc(CCNc2cc([N+](=O)[O-])cc(Cl)n2)n1. The third kappa shape index (κ3) is 3.62. The highest BCUT2D eigenvalue weighted by Crippen LogP contribution is 2.20. The van der Waals surface area contributed by atoms with Gasteiger partial charge in [0.25, 0.3) is 5.69 Å². The van der Waals surface area contributed by atoms with E-state index in [-0.39, 0.29) is 10.8 Å². The van der Waals surface area contributed by atoms with Crippen LogP contribution in [-0.4, -0.2) is 26.6 Å². The van der Waals surface area contributed by atoms with Gasteiger partial charge in [0.1, 0.15) is 11.0 Å². The van der Waals surface area contributed by atoms with Gasteiger partial charge in [-0.3, -0.25) is 10.1 Å². The Labute approximate surface area is 112 Å². The molecule has 0 fully saturated rings. The Balaban J connectivity index is 1.97. The largest absolute Gasteiger partial charge is 0.369 e. The van der Waals surface area contributed by atoms with Crippen LogP contribution in [0.15, 0.2) is 16.7 Å². The zero-order valence-corrected chi connectivity index (χ0v) is 10.7. The van der Waals surface area contributed by atoms with Crippen molar-refractivity contribution >= 4 is 23.1 Å². The second-order valence-corrected chi connectivity index (χ2v) is 4.09. The van der Waals surface area contributed by atoms with Crippen molar-refractivity contribution in [1.82, 2.24) is 15.1 Å². The van der Waals surface area contributed by atoms with Crippen molar-refractivity contribution in [2.24, 2.45) is 0 Å². The lowest BCUT2D eigenvalue weighted by molar-refractivity contribution is -0.384. The van der Waals surface area contributed by atoms with E-state index in [4.69, 9.17) is 16.1 Å². The summed E-state index contributed by atoms with van der Waals surface area (Å²) in [6.45, 7) is 2.18. The van der Waals surface area contributed by atoms with Crippen molar-refractivity contribution in [3.8, 4) is 0 Å². The molecule has 2 rings (SSSR count). The third-order valence-corrected chi connectivity index (χ3v) is 2.40. The summed E-state index contributed by atoms with van der Waals surface area (Å²) in [6.07, 6.45) is 0.489. The highest BCUT2D eigenvalue weighted by molar-refractivity contribution is 6.29. The molecule has 0 aliphatic carbocycles. The Kier molecular flexibility index (Phi) is 3.91. The molecular weight excluding hydrogens is 274 g/mol. The first-order chi connectivity index (χ1) is 9.04. The fraction of sp³-hybridized carbons (Fsp3) is 0.300. The third-order valence-electron chi connectivity index (χ3n) is 2.20. The van der Waals surface area contributed by atoms with Gasteiger partial charge in [0.05, 0.1) is 17.1 Å². The summed E-state index contributed by atoms with van der Waals surface area (Å²) in [5.41, 5.74) is -0.115. The zero-order chi connectivity index (χ0) is 13.8. The van der Waals surface area contributed by atoms with Crippen molar-refractivity contribution in [3.05, 3.63) is 39.1 Å². The lowest BCUT2D eigenvalue weighted by Crippen LogP contribution is -2.07. The summed E-state index contributed by atoms with van der Waals surface area (Å²) in [4.78, 5) is 18.1. The van der Waals surface area contributed by atoms with Gasteiger partial charge in [-0.2, -0.15) is 4.98 Å². The Bertz CT molecular complexity index is 601. The fourth-order valence-corrected chi connectivity index (χ4v) is 1.62. The topological polar surface area (TPSA) is 107 Å². The molecular formula is C10H10ClN5O3. The minimum Gasteiger partial charge on any atom is -0.369 e. The lowest BCUT2D eigenvalue weighted by Gasteiger charge is -2.03. The van der Waals surface area contributed by atoms with Crippen LogP contribution in [0, 0.1) is 17.0 Å². The van der Waals surface area contributed by atoms with Crippen LogP contribution in [0.2, 0.25) is 5.15 Å². The van der Waals surface area contributed by atoms with E-state index in [1.807, 2.05) is 0 Å². The first-order valence-electron chi connectivity index (χ1n) is 5.39. The van der Waals surface area contributed by atoms with Crippen LogP contribution in [0.4, 0.5) is 11.5 Å². The van der Waals surface area contributed by atoms with Crippen molar-refractivity contribution in [1.29, 1.82) is 0 Å². The maximum Gasteiger partial charge on any atom is 0.276 e. The minimum absolute atomic E-state index is 0.0605. The van der Waals surface area contributed by atoms with Crippen LogP contribution in [-0.2, 0) is 6.42 Å². The van der Waals surface area contributed by atoms with Crippen molar-refractivity contribution in [3.63, 3.8) is 0 Å². The molecule has 19 heavy (non-hydrogen) atoms. The normalized spacial score (nSPS) is 10.4. The van der Waals surface area contributed by atoms with Gasteiger partial charge in [-0.1, -0.05) is 16.8 Å². The number of pyridine rings is 1. The summed E-state index contributed by atoms with van der Waals surface area (Å²) in [5.74, 6) is 1.38. The second-order valence-electron chi connectivity index (χ2n) is 3.70. The van der Waals surface area contributed by atoms with Gasteiger partial charge in [0, 0.05) is 13.0 Å². The van der Waals surface area contributed by atoms with E-state index >= 15 is 0 Å². The van der Waals surface area contributed by atoms with Gasteiger partial charge in [0.15, 0.2) is 5.82 Å². The van der Waals surface area contributed by atoms with Crippen LogP contribution >= 0.6 is 11.6 Å². The Morgan fingerprint density at radius 2 is 2.26 bits per heavy atom. The molecule has 0 saturated carbocycles. The van der Waals surface area contributed by atoms with Gasteiger partial charge in [0.2, 0.25) is 5.89 Å². The molecule has 100 valence electrons. The van der Waals surface area contributed by atoms with Gasteiger partial charge in [-0.15, -0.1) is 0 Å². The highest BCUT2D eigenvalue weighted by atomic mass is 35.5. The quantitative estimate of drug-likeness (QED) is 0.508. The van der Waals surface area contributed by atoms with Crippen LogP contribution in [0.25, 0.3) is 0 Å². The maximum atomic E-state index is 10.7. The smallest absolute Gasteiger partial charge is 0.276 e. The summed E-state index contributed by atoms with van der Waals surface area (Å²) in [5, 5.41) is 17.3. The molecule has 2 aromatic rings. The number of hydrogen-bond acceptors (Lipinski definition) is 7. The molecule has 0 unspecified atom stereocenters.